The molecule has 0 bridgehead atoms. The van der Waals surface area contributed by atoms with Gasteiger partial charge < -0.3 is 5.73 Å². The third-order valence-corrected chi connectivity index (χ3v) is 3.68. The third kappa shape index (κ3) is 4.38. The molecular formula is C15H17IN2. The first-order valence-corrected chi connectivity index (χ1v) is 7.21. The molecule has 0 aliphatic carbocycles. The number of halogens is 1. The molecular weight excluding hydrogens is 335 g/mol. The Morgan fingerprint density at radius 2 is 1.67 bits per heavy atom. The molecule has 0 radical (unpaired) electrons. The second-order valence-corrected chi connectivity index (χ2v) is 5.73. The Balaban J connectivity index is 1.82. The van der Waals surface area contributed by atoms with Gasteiger partial charge in [0.2, 0.25) is 0 Å². The quantitative estimate of drug-likeness (QED) is 0.840. The van der Waals surface area contributed by atoms with Gasteiger partial charge in [-0.3, -0.25) is 4.98 Å². The Hall–Kier alpha value is -0.940. The number of rotatable bonds is 5. The largest absolute Gasteiger partial charge is 0.327 e. The van der Waals surface area contributed by atoms with Crippen LogP contribution >= 0.6 is 22.6 Å². The van der Waals surface area contributed by atoms with Crippen LogP contribution in [0.3, 0.4) is 0 Å². The molecule has 0 aliphatic rings. The number of aromatic nitrogens is 1. The van der Waals surface area contributed by atoms with Crippen LogP contribution in [0, 0.1) is 3.57 Å². The summed E-state index contributed by atoms with van der Waals surface area (Å²) in [5.41, 5.74) is 8.80. The van der Waals surface area contributed by atoms with Crippen LogP contribution in [0.25, 0.3) is 0 Å². The fourth-order valence-electron chi connectivity index (χ4n) is 1.93. The van der Waals surface area contributed by atoms with E-state index in [2.05, 4.69) is 64.0 Å². The molecule has 0 spiro atoms. The summed E-state index contributed by atoms with van der Waals surface area (Å²) in [7, 11) is 0. The van der Waals surface area contributed by atoms with Gasteiger partial charge in [-0.1, -0.05) is 12.1 Å². The highest BCUT2D eigenvalue weighted by Gasteiger charge is 2.04. The highest BCUT2D eigenvalue weighted by atomic mass is 127. The van der Waals surface area contributed by atoms with Gasteiger partial charge >= 0.3 is 0 Å². The minimum Gasteiger partial charge on any atom is -0.327 e. The van der Waals surface area contributed by atoms with Crippen molar-refractivity contribution in [3.63, 3.8) is 0 Å². The predicted molar refractivity (Wildman–Crippen MR) is 83.4 cm³/mol. The van der Waals surface area contributed by atoms with E-state index < -0.39 is 0 Å². The number of hydrogen-bond acceptors (Lipinski definition) is 2. The van der Waals surface area contributed by atoms with E-state index in [1.54, 1.807) is 0 Å². The number of hydrogen-bond donors (Lipinski definition) is 1. The van der Waals surface area contributed by atoms with Crippen LogP contribution in [0.1, 0.15) is 17.5 Å². The number of aryl methyl sites for hydroxylation is 1. The summed E-state index contributed by atoms with van der Waals surface area (Å²) in [4.78, 5) is 4.02. The number of nitrogens with zero attached hydrogens (tertiary/aromatic N) is 1. The van der Waals surface area contributed by atoms with Crippen molar-refractivity contribution in [2.45, 2.75) is 25.3 Å². The van der Waals surface area contributed by atoms with E-state index in [0.29, 0.717) is 0 Å². The van der Waals surface area contributed by atoms with Gasteiger partial charge in [0.25, 0.3) is 0 Å². The highest BCUT2D eigenvalue weighted by Crippen LogP contribution is 2.11. The molecule has 1 atom stereocenters. The van der Waals surface area contributed by atoms with E-state index in [0.717, 1.165) is 19.3 Å². The van der Waals surface area contributed by atoms with Gasteiger partial charge in [0.05, 0.1) is 0 Å². The molecule has 1 heterocycles. The Labute approximate surface area is 122 Å². The van der Waals surface area contributed by atoms with Gasteiger partial charge in [-0.2, -0.15) is 0 Å². The summed E-state index contributed by atoms with van der Waals surface area (Å²) in [5, 5.41) is 0. The number of nitrogens with two attached hydrogens (primary N) is 1. The van der Waals surface area contributed by atoms with Crippen molar-refractivity contribution in [2.24, 2.45) is 5.73 Å². The average Bonchev–Trinajstić information content (AvgIpc) is 2.40. The minimum atomic E-state index is 0.221. The van der Waals surface area contributed by atoms with Crippen molar-refractivity contribution in [1.82, 2.24) is 4.98 Å². The van der Waals surface area contributed by atoms with Crippen molar-refractivity contribution in [2.75, 3.05) is 0 Å². The predicted octanol–water partition coefficient (Wildman–Crippen LogP) is 3.19. The number of benzene rings is 1. The monoisotopic (exact) mass is 352 g/mol. The lowest BCUT2D eigenvalue weighted by Gasteiger charge is -2.11. The maximum Gasteiger partial charge on any atom is 0.0270 e. The van der Waals surface area contributed by atoms with Crippen LogP contribution in [0.15, 0.2) is 48.8 Å². The molecule has 0 saturated carbocycles. The van der Waals surface area contributed by atoms with Crippen LogP contribution in [-0.4, -0.2) is 11.0 Å². The molecule has 18 heavy (non-hydrogen) atoms. The molecule has 1 aromatic carbocycles. The van der Waals surface area contributed by atoms with Crippen LogP contribution in [0.4, 0.5) is 0 Å². The second-order valence-electron chi connectivity index (χ2n) is 4.48. The number of pyridine rings is 1. The van der Waals surface area contributed by atoms with Crippen molar-refractivity contribution >= 4 is 22.6 Å². The zero-order chi connectivity index (χ0) is 12.8. The molecule has 1 unspecified atom stereocenters. The van der Waals surface area contributed by atoms with E-state index in [-0.39, 0.29) is 6.04 Å². The van der Waals surface area contributed by atoms with E-state index in [1.165, 1.54) is 14.7 Å². The maximum atomic E-state index is 6.17. The topological polar surface area (TPSA) is 38.9 Å². The zero-order valence-corrected chi connectivity index (χ0v) is 12.4. The summed E-state index contributed by atoms with van der Waals surface area (Å²) in [6.45, 7) is 0. The second kappa shape index (κ2) is 6.85. The molecule has 94 valence electrons. The third-order valence-electron chi connectivity index (χ3n) is 2.96. The molecule has 0 aliphatic heterocycles. The standard InChI is InChI=1S/C15H17IN2/c16-14-4-1-13(2-5-14)11-15(17)6-3-12-7-9-18-10-8-12/h1-2,4-5,7-10,15H,3,6,11,17H2. The smallest absolute Gasteiger partial charge is 0.0270 e. The molecule has 2 aromatic rings. The minimum absolute atomic E-state index is 0.221. The van der Waals surface area contributed by atoms with Gasteiger partial charge in [-0.05, 0) is 77.2 Å². The highest BCUT2D eigenvalue weighted by molar-refractivity contribution is 14.1. The van der Waals surface area contributed by atoms with Gasteiger partial charge in [0, 0.05) is 22.0 Å². The molecule has 3 heteroatoms. The van der Waals surface area contributed by atoms with Gasteiger partial charge in [0.1, 0.15) is 0 Å². The molecule has 2 nitrogen and oxygen atoms in total. The lowest BCUT2D eigenvalue weighted by atomic mass is 10.0. The molecule has 0 fully saturated rings. The lowest BCUT2D eigenvalue weighted by Crippen LogP contribution is -2.23. The summed E-state index contributed by atoms with van der Waals surface area (Å²) in [5.74, 6) is 0. The molecule has 0 amide bonds. The zero-order valence-electron chi connectivity index (χ0n) is 10.2. The molecule has 2 N–H and O–H groups in total. The van der Waals surface area contributed by atoms with E-state index >= 15 is 0 Å². The molecule has 0 saturated heterocycles. The van der Waals surface area contributed by atoms with Crippen molar-refractivity contribution in [3.8, 4) is 0 Å². The van der Waals surface area contributed by atoms with Crippen LogP contribution in [0.5, 0.6) is 0 Å². The Morgan fingerprint density at radius 3 is 2.33 bits per heavy atom. The Kier molecular flexibility index (Phi) is 5.13. The SMILES string of the molecule is NC(CCc1ccncc1)Cc1ccc(I)cc1. The van der Waals surface area contributed by atoms with E-state index in [9.17, 15) is 0 Å². The Bertz CT molecular complexity index is 468. The van der Waals surface area contributed by atoms with Crippen molar-refractivity contribution in [1.29, 1.82) is 0 Å². The van der Waals surface area contributed by atoms with E-state index in [4.69, 9.17) is 5.73 Å². The normalized spacial score (nSPS) is 12.3. The van der Waals surface area contributed by atoms with Crippen LogP contribution < -0.4 is 5.73 Å². The first kappa shape index (κ1) is 13.5. The fraction of sp³-hybridized carbons (Fsp3) is 0.267. The molecule has 1 aromatic heterocycles. The summed E-state index contributed by atoms with van der Waals surface area (Å²) in [6.07, 6.45) is 6.64. The summed E-state index contributed by atoms with van der Waals surface area (Å²) < 4.78 is 1.27. The first-order chi connectivity index (χ1) is 8.74. The van der Waals surface area contributed by atoms with Gasteiger partial charge in [0.15, 0.2) is 0 Å². The van der Waals surface area contributed by atoms with E-state index in [1.807, 2.05) is 12.4 Å². The van der Waals surface area contributed by atoms with Crippen molar-refractivity contribution < 1.29 is 0 Å². The maximum absolute atomic E-state index is 6.17. The summed E-state index contributed by atoms with van der Waals surface area (Å²) >= 11 is 2.32. The van der Waals surface area contributed by atoms with Crippen LogP contribution in [0.2, 0.25) is 0 Å². The van der Waals surface area contributed by atoms with Gasteiger partial charge in [-0.25, -0.2) is 0 Å². The van der Waals surface area contributed by atoms with Gasteiger partial charge in [-0.15, -0.1) is 0 Å². The average molecular weight is 352 g/mol. The molecule has 2 rings (SSSR count). The fourth-order valence-corrected chi connectivity index (χ4v) is 2.29. The lowest BCUT2D eigenvalue weighted by molar-refractivity contribution is 0.610. The van der Waals surface area contributed by atoms with Crippen LogP contribution in [-0.2, 0) is 12.8 Å². The first-order valence-electron chi connectivity index (χ1n) is 6.13. The Morgan fingerprint density at radius 1 is 1.00 bits per heavy atom. The summed E-state index contributed by atoms with van der Waals surface area (Å²) in [6, 6.07) is 12.9. The van der Waals surface area contributed by atoms with Crippen molar-refractivity contribution in [3.05, 3.63) is 63.5 Å².